The second kappa shape index (κ2) is 6.20. The fraction of sp³-hybridized carbons (Fsp3) is 0.312. The Labute approximate surface area is 133 Å². The lowest BCUT2D eigenvalue weighted by Gasteiger charge is -2.19. The van der Waals surface area contributed by atoms with Gasteiger partial charge in [0.2, 0.25) is 5.88 Å². The van der Waals surface area contributed by atoms with Gasteiger partial charge >= 0.3 is 0 Å². The Kier molecular flexibility index (Phi) is 4.74. The van der Waals surface area contributed by atoms with E-state index in [0.29, 0.717) is 17.5 Å². The summed E-state index contributed by atoms with van der Waals surface area (Å²) >= 11 is 11.6. The molecular formula is C16H16Cl2FNO. The van der Waals surface area contributed by atoms with Gasteiger partial charge < -0.3 is 4.74 Å². The summed E-state index contributed by atoms with van der Waals surface area (Å²) in [5, 5.41) is 0.0557. The first-order valence-corrected chi connectivity index (χ1v) is 7.41. The first-order valence-electron chi connectivity index (χ1n) is 6.50. The van der Waals surface area contributed by atoms with Crippen molar-refractivity contribution in [3.63, 3.8) is 0 Å². The van der Waals surface area contributed by atoms with E-state index in [-0.39, 0.29) is 10.4 Å². The Hall–Kier alpha value is -1.32. The van der Waals surface area contributed by atoms with Gasteiger partial charge in [0.15, 0.2) is 0 Å². The molecule has 5 heteroatoms. The van der Waals surface area contributed by atoms with Crippen molar-refractivity contribution in [2.75, 3.05) is 0 Å². The van der Waals surface area contributed by atoms with Crippen LogP contribution in [-0.2, 0) is 11.3 Å². The number of aromatic nitrogens is 1. The minimum Gasteiger partial charge on any atom is -0.439 e. The molecule has 1 aromatic carbocycles. The number of pyridine rings is 1. The quantitative estimate of drug-likeness (QED) is 0.674. The fourth-order valence-electron chi connectivity index (χ4n) is 1.73. The summed E-state index contributed by atoms with van der Waals surface area (Å²) in [4.78, 5) is 4.46. The zero-order valence-electron chi connectivity index (χ0n) is 12.1. The van der Waals surface area contributed by atoms with Gasteiger partial charge in [-0.25, -0.2) is 9.37 Å². The van der Waals surface area contributed by atoms with Crippen LogP contribution in [0.4, 0.5) is 4.39 Å². The first-order chi connectivity index (χ1) is 9.79. The standard InChI is InChI=1S/C16H16Cl2FNO/c1-16(2,3)14-6-10(9-17)7-15(20-14)21-11-4-5-12(18)13(19)8-11/h4-8H,9H2,1-3H3. The molecule has 2 rings (SSSR count). The van der Waals surface area contributed by atoms with E-state index in [9.17, 15) is 4.39 Å². The molecule has 0 saturated heterocycles. The van der Waals surface area contributed by atoms with Gasteiger partial charge in [-0.15, -0.1) is 11.6 Å². The summed E-state index contributed by atoms with van der Waals surface area (Å²) in [5.41, 5.74) is 1.64. The van der Waals surface area contributed by atoms with E-state index in [1.54, 1.807) is 12.1 Å². The molecule has 2 aromatic rings. The Morgan fingerprint density at radius 2 is 1.90 bits per heavy atom. The highest BCUT2D eigenvalue weighted by atomic mass is 35.5. The molecule has 21 heavy (non-hydrogen) atoms. The van der Waals surface area contributed by atoms with Crippen molar-refractivity contribution >= 4 is 23.2 Å². The van der Waals surface area contributed by atoms with Gasteiger partial charge in [-0.3, -0.25) is 0 Å². The van der Waals surface area contributed by atoms with Gasteiger partial charge in [0.05, 0.1) is 10.7 Å². The Morgan fingerprint density at radius 1 is 1.19 bits per heavy atom. The van der Waals surface area contributed by atoms with Crippen LogP contribution in [0.15, 0.2) is 30.3 Å². The number of rotatable bonds is 3. The molecule has 0 unspecified atom stereocenters. The molecule has 0 atom stereocenters. The van der Waals surface area contributed by atoms with Crippen molar-refractivity contribution in [1.29, 1.82) is 0 Å². The van der Waals surface area contributed by atoms with Crippen molar-refractivity contribution < 1.29 is 9.13 Å². The molecule has 0 aliphatic heterocycles. The zero-order chi connectivity index (χ0) is 15.6. The van der Waals surface area contributed by atoms with E-state index >= 15 is 0 Å². The predicted octanol–water partition coefficient (Wildman–Crippen LogP) is 5.70. The Balaban J connectivity index is 2.36. The highest BCUT2D eigenvalue weighted by Crippen LogP contribution is 2.29. The Bertz CT molecular complexity index is 653. The van der Waals surface area contributed by atoms with Crippen LogP contribution < -0.4 is 4.74 Å². The van der Waals surface area contributed by atoms with Gasteiger partial charge in [-0.1, -0.05) is 32.4 Å². The minimum absolute atomic E-state index is 0.0557. The highest BCUT2D eigenvalue weighted by Gasteiger charge is 2.18. The van der Waals surface area contributed by atoms with E-state index in [1.165, 1.54) is 12.1 Å². The number of halogens is 3. The van der Waals surface area contributed by atoms with Crippen LogP contribution in [0.3, 0.4) is 0 Å². The molecule has 0 aliphatic rings. The number of hydrogen-bond acceptors (Lipinski definition) is 2. The fourth-order valence-corrected chi connectivity index (χ4v) is 2.01. The molecule has 0 saturated carbocycles. The van der Waals surface area contributed by atoms with Crippen LogP contribution >= 0.6 is 23.2 Å². The molecule has 0 fully saturated rings. The average molecular weight is 328 g/mol. The van der Waals surface area contributed by atoms with Crippen molar-refractivity contribution in [2.24, 2.45) is 0 Å². The molecule has 0 aliphatic carbocycles. The molecule has 1 aromatic heterocycles. The Morgan fingerprint density at radius 3 is 2.48 bits per heavy atom. The summed E-state index contributed by atoms with van der Waals surface area (Å²) in [5.74, 6) is 0.561. The smallest absolute Gasteiger partial charge is 0.219 e. The monoisotopic (exact) mass is 327 g/mol. The molecular weight excluding hydrogens is 312 g/mol. The summed E-state index contributed by atoms with van der Waals surface area (Å²) in [6.45, 7) is 6.16. The third-order valence-electron chi connectivity index (χ3n) is 2.90. The molecule has 0 spiro atoms. The van der Waals surface area contributed by atoms with Crippen LogP contribution in [0, 0.1) is 5.82 Å². The maximum absolute atomic E-state index is 13.4. The number of alkyl halides is 1. The lowest BCUT2D eigenvalue weighted by Crippen LogP contribution is -2.14. The van der Waals surface area contributed by atoms with Gasteiger partial charge in [-0.2, -0.15) is 0 Å². The maximum atomic E-state index is 13.4. The van der Waals surface area contributed by atoms with Gasteiger partial charge in [0.1, 0.15) is 11.6 Å². The number of nitrogens with zero attached hydrogens (tertiary/aromatic N) is 1. The van der Waals surface area contributed by atoms with E-state index in [0.717, 1.165) is 11.3 Å². The third kappa shape index (κ3) is 4.08. The van der Waals surface area contributed by atoms with Crippen LogP contribution in [0.5, 0.6) is 11.6 Å². The van der Waals surface area contributed by atoms with Crippen molar-refractivity contribution in [2.45, 2.75) is 32.1 Å². The minimum atomic E-state index is -0.529. The van der Waals surface area contributed by atoms with Crippen molar-refractivity contribution in [1.82, 2.24) is 4.98 Å². The summed E-state index contributed by atoms with van der Waals surface area (Å²) in [6, 6.07) is 7.96. The first kappa shape index (κ1) is 16.1. The molecule has 112 valence electrons. The maximum Gasteiger partial charge on any atom is 0.219 e. The highest BCUT2D eigenvalue weighted by molar-refractivity contribution is 6.30. The number of ether oxygens (including phenoxy) is 1. The molecule has 2 nitrogen and oxygen atoms in total. The average Bonchev–Trinajstić information content (AvgIpc) is 2.41. The van der Waals surface area contributed by atoms with Crippen LogP contribution in [-0.4, -0.2) is 4.98 Å². The lowest BCUT2D eigenvalue weighted by atomic mass is 9.91. The SMILES string of the molecule is CC(C)(C)c1cc(CCl)cc(Oc2ccc(Cl)c(F)c2)n1. The van der Waals surface area contributed by atoms with Gasteiger partial charge in [0, 0.05) is 23.4 Å². The molecule has 0 amide bonds. The van der Waals surface area contributed by atoms with E-state index < -0.39 is 5.82 Å². The van der Waals surface area contributed by atoms with E-state index in [2.05, 4.69) is 25.8 Å². The van der Waals surface area contributed by atoms with Crippen LogP contribution in [0.1, 0.15) is 32.0 Å². The van der Waals surface area contributed by atoms with Gasteiger partial charge in [0.25, 0.3) is 0 Å². The van der Waals surface area contributed by atoms with Crippen molar-refractivity contribution in [3.8, 4) is 11.6 Å². The number of benzene rings is 1. The third-order valence-corrected chi connectivity index (χ3v) is 3.51. The molecule has 0 radical (unpaired) electrons. The molecule has 0 N–H and O–H groups in total. The summed E-state index contributed by atoms with van der Waals surface area (Å²) < 4.78 is 19.1. The summed E-state index contributed by atoms with van der Waals surface area (Å²) in [6.07, 6.45) is 0. The molecule has 1 heterocycles. The van der Waals surface area contributed by atoms with Crippen LogP contribution in [0.2, 0.25) is 5.02 Å². The lowest BCUT2D eigenvalue weighted by molar-refractivity contribution is 0.447. The van der Waals surface area contributed by atoms with E-state index in [4.69, 9.17) is 27.9 Å². The van der Waals surface area contributed by atoms with Crippen molar-refractivity contribution in [3.05, 3.63) is 52.4 Å². The summed E-state index contributed by atoms with van der Waals surface area (Å²) in [7, 11) is 0. The van der Waals surface area contributed by atoms with Crippen LogP contribution in [0.25, 0.3) is 0 Å². The second-order valence-electron chi connectivity index (χ2n) is 5.76. The largest absolute Gasteiger partial charge is 0.439 e. The van der Waals surface area contributed by atoms with E-state index in [1.807, 2.05) is 6.07 Å². The zero-order valence-corrected chi connectivity index (χ0v) is 13.6. The number of hydrogen-bond donors (Lipinski definition) is 0. The normalized spacial score (nSPS) is 11.5. The topological polar surface area (TPSA) is 22.1 Å². The predicted molar refractivity (Wildman–Crippen MR) is 84.0 cm³/mol. The second-order valence-corrected chi connectivity index (χ2v) is 6.43. The molecule has 0 bridgehead atoms. The van der Waals surface area contributed by atoms with Gasteiger partial charge in [-0.05, 0) is 23.8 Å².